The van der Waals surface area contributed by atoms with Crippen LogP contribution >= 0.6 is 0 Å². The van der Waals surface area contributed by atoms with Crippen LogP contribution in [0.1, 0.15) is 27.7 Å². The van der Waals surface area contributed by atoms with Crippen LogP contribution in [-0.2, 0) is 4.79 Å². The number of hydrogen-bond acceptors (Lipinski definition) is 6. The summed E-state index contributed by atoms with van der Waals surface area (Å²) >= 11 is 0. The Labute approximate surface area is 116 Å². The fourth-order valence-corrected chi connectivity index (χ4v) is 1.71. The number of nitrogens with one attached hydrogen (secondary N) is 3. The topological polar surface area (TPSA) is 122 Å². The van der Waals surface area contributed by atoms with Gasteiger partial charge < -0.3 is 16.4 Å². The van der Waals surface area contributed by atoms with Gasteiger partial charge in [0.15, 0.2) is 5.65 Å². The van der Waals surface area contributed by atoms with Crippen molar-refractivity contribution in [2.45, 2.75) is 39.3 Å². The summed E-state index contributed by atoms with van der Waals surface area (Å²) < 4.78 is 0. The highest BCUT2D eigenvalue weighted by molar-refractivity contribution is 5.90. The van der Waals surface area contributed by atoms with E-state index >= 15 is 0 Å². The highest BCUT2D eigenvalue weighted by atomic mass is 16.2. The second-order valence-corrected chi connectivity index (χ2v) is 5.67. The number of rotatable bonds is 3. The quantitative estimate of drug-likeness (QED) is 0.653. The van der Waals surface area contributed by atoms with E-state index in [9.17, 15) is 4.79 Å². The van der Waals surface area contributed by atoms with E-state index in [0.29, 0.717) is 16.9 Å². The van der Waals surface area contributed by atoms with Gasteiger partial charge in [0.2, 0.25) is 11.9 Å². The number of amides is 1. The van der Waals surface area contributed by atoms with Crippen LogP contribution < -0.4 is 16.4 Å². The Balaban J connectivity index is 2.19. The Morgan fingerprint density at radius 2 is 2.10 bits per heavy atom. The first-order valence-corrected chi connectivity index (χ1v) is 6.31. The first-order chi connectivity index (χ1) is 9.26. The van der Waals surface area contributed by atoms with Crippen LogP contribution in [0.3, 0.4) is 0 Å². The van der Waals surface area contributed by atoms with Gasteiger partial charge in [-0.1, -0.05) is 0 Å². The van der Waals surface area contributed by atoms with Crippen molar-refractivity contribution in [2.75, 3.05) is 11.1 Å². The van der Waals surface area contributed by atoms with Crippen molar-refractivity contribution in [1.29, 1.82) is 0 Å². The zero-order valence-corrected chi connectivity index (χ0v) is 12.0. The maximum absolute atomic E-state index is 12.1. The fourth-order valence-electron chi connectivity index (χ4n) is 1.71. The van der Waals surface area contributed by atoms with Crippen LogP contribution in [0.2, 0.25) is 0 Å². The molecule has 0 saturated carbocycles. The van der Waals surface area contributed by atoms with Gasteiger partial charge in [-0.15, -0.1) is 0 Å². The van der Waals surface area contributed by atoms with Gasteiger partial charge in [-0.25, -0.2) is 0 Å². The molecular formula is C12H19N7O. The molecule has 2 heterocycles. The predicted molar refractivity (Wildman–Crippen MR) is 77.1 cm³/mol. The first kappa shape index (κ1) is 14.0. The minimum atomic E-state index is -0.457. The third-order valence-corrected chi connectivity index (χ3v) is 2.57. The van der Waals surface area contributed by atoms with Crippen LogP contribution in [0.15, 0.2) is 6.20 Å². The lowest BCUT2D eigenvalue weighted by Crippen LogP contribution is -2.47. The molecule has 8 heteroatoms. The zero-order chi connectivity index (χ0) is 14.9. The second-order valence-electron chi connectivity index (χ2n) is 5.67. The SMILES string of the molecule is CC(Nc1nc(N)nc2[nH]ncc12)C(=O)NC(C)(C)C. The van der Waals surface area contributed by atoms with E-state index in [1.165, 1.54) is 0 Å². The number of nitrogens with zero attached hydrogens (tertiary/aromatic N) is 3. The van der Waals surface area contributed by atoms with Gasteiger partial charge in [0.25, 0.3) is 0 Å². The minimum absolute atomic E-state index is 0.118. The van der Waals surface area contributed by atoms with Gasteiger partial charge in [0.05, 0.1) is 11.6 Å². The van der Waals surface area contributed by atoms with Gasteiger partial charge >= 0.3 is 0 Å². The number of aromatic amines is 1. The summed E-state index contributed by atoms with van der Waals surface area (Å²) in [6.45, 7) is 7.53. The van der Waals surface area contributed by atoms with Crippen LogP contribution in [0.5, 0.6) is 0 Å². The van der Waals surface area contributed by atoms with Crippen LogP contribution in [-0.4, -0.2) is 37.7 Å². The second kappa shape index (κ2) is 4.95. The Kier molecular flexibility index (Phi) is 3.47. The Hall–Kier alpha value is -2.38. The van der Waals surface area contributed by atoms with E-state index < -0.39 is 6.04 Å². The van der Waals surface area contributed by atoms with E-state index in [1.54, 1.807) is 13.1 Å². The molecule has 0 aliphatic carbocycles. The molecule has 20 heavy (non-hydrogen) atoms. The molecule has 1 amide bonds. The monoisotopic (exact) mass is 277 g/mol. The van der Waals surface area contributed by atoms with Crippen molar-refractivity contribution in [1.82, 2.24) is 25.5 Å². The zero-order valence-electron chi connectivity index (χ0n) is 12.0. The molecule has 0 aliphatic rings. The summed E-state index contributed by atoms with van der Waals surface area (Å²) in [6.07, 6.45) is 1.59. The predicted octanol–water partition coefficient (Wildman–Crippen LogP) is 0.650. The number of fused-ring (bicyclic) bond motifs is 1. The van der Waals surface area contributed by atoms with Crippen molar-refractivity contribution in [3.05, 3.63) is 6.20 Å². The lowest BCUT2D eigenvalue weighted by Gasteiger charge is -2.24. The summed E-state index contributed by atoms with van der Waals surface area (Å²) in [5.41, 5.74) is 5.87. The molecule has 2 aromatic rings. The lowest BCUT2D eigenvalue weighted by atomic mass is 10.1. The van der Waals surface area contributed by atoms with Crippen molar-refractivity contribution in [3.63, 3.8) is 0 Å². The molecule has 0 saturated heterocycles. The van der Waals surface area contributed by atoms with Crippen molar-refractivity contribution in [2.24, 2.45) is 0 Å². The molecule has 0 aromatic carbocycles. The molecular weight excluding hydrogens is 258 g/mol. The average molecular weight is 277 g/mol. The molecule has 108 valence electrons. The molecule has 1 unspecified atom stereocenters. The van der Waals surface area contributed by atoms with Gasteiger partial charge in [0.1, 0.15) is 11.9 Å². The maximum Gasteiger partial charge on any atom is 0.242 e. The highest BCUT2D eigenvalue weighted by Crippen LogP contribution is 2.19. The summed E-state index contributed by atoms with van der Waals surface area (Å²) in [7, 11) is 0. The third-order valence-electron chi connectivity index (χ3n) is 2.57. The van der Waals surface area contributed by atoms with Crippen LogP contribution in [0.4, 0.5) is 11.8 Å². The molecule has 0 radical (unpaired) electrons. The average Bonchev–Trinajstić information content (AvgIpc) is 2.74. The number of carbonyl (C=O) groups is 1. The largest absolute Gasteiger partial charge is 0.368 e. The molecule has 5 N–H and O–H groups in total. The molecule has 8 nitrogen and oxygen atoms in total. The first-order valence-electron chi connectivity index (χ1n) is 6.31. The molecule has 0 aliphatic heterocycles. The van der Waals surface area contributed by atoms with Gasteiger partial charge in [-0.2, -0.15) is 15.1 Å². The molecule has 2 rings (SSSR count). The van der Waals surface area contributed by atoms with E-state index in [4.69, 9.17) is 5.73 Å². The fraction of sp³-hybridized carbons (Fsp3) is 0.500. The van der Waals surface area contributed by atoms with E-state index in [-0.39, 0.29) is 17.4 Å². The van der Waals surface area contributed by atoms with Crippen LogP contribution in [0, 0.1) is 0 Å². The van der Waals surface area contributed by atoms with E-state index in [0.717, 1.165) is 0 Å². The van der Waals surface area contributed by atoms with Gasteiger partial charge in [-0.3, -0.25) is 9.89 Å². The van der Waals surface area contributed by atoms with Crippen molar-refractivity contribution < 1.29 is 4.79 Å². The smallest absolute Gasteiger partial charge is 0.242 e. The number of nitrogen functional groups attached to an aromatic ring is 1. The summed E-state index contributed by atoms with van der Waals surface area (Å²) in [4.78, 5) is 20.2. The van der Waals surface area contributed by atoms with E-state index in [1.807, 2.05) is 20.8 Å². The van der Waals surface area contributed by atoms with Gasteiger partial charge in [0, 0.05) is 5.54 Å². The number of aromatic nitrogens is 4. The van der Waals surface area contributed by atoms with Gasteiger partial charge in [-0.05, 0) is 27.7 Å². The number of carbonyl (C=O) groups excluding carboxylic acids is 1. The Morgan fingerprint density at radius 1 is 1.40 bits per heavy atom. The Morgan fingerprint density at radius 3 is 2.75 bits per heavy atom. The minimum Gasteiger partial charge on any atom is -0.368 e. The Bertz CT molecular complexity index is 628. The number of H-pyrrole nitrogens is 1. The summed E-state index contributed by atoms with van der Waals surface area (Å²) in [5, 5.41) is 13.2. The number of hydrogen-bond donors (Lipinski definition) is 4. The molecule has 0 fully saturated rings. The van der Waals surface area contributed by atoms with Crippen LogP contribution in [0.25, 0.3) is 11.0 Å². The van der Waals surface area contributed by atoms with Crippen molar-refractivity contribution >= 4 is 28.7 Å². The summed E-state index contributed by atoms with van der Waals surface area (Å²) in [6, 6.07) is -0.457. The normalized spacial score (nSPS) is 13.2. The maximum atomic E-state index is 12.1. The van der Waals surface area contributed by atoms with Crippen molar-refractivity contribution in [3.8, 4) is 0 Å². The highest BCUT2D eigenvalue weighted by Gasteiger charge is 2.20. The number of anilines is 2. The third kappa shape index (κ3) is 3.14. The molecule has 1 atom stereocenters. The number of nitrogens with two attached hydrogens (primary N) is 1. The molecule has 0 spiro atoms. The molecule has 0 bridgehead atoms. The molecule has 2 aromatic heterocycles. The standard InChI is InChI=1S/C12H19N7O/c1-6(10(20)18-12(2,3)4)15-8-7-5-14-19-9(7)17-11(13)16-8/h5-6H,1-4H3,(H,18,20)(H4,13,14,15,16,17,19). The van der Waals surface area contributed by atoms with E-state index in [2.05, 4.69) is 30.8 Å². The lowest BCUT2D eigenvalue weighted by molar-refractivity contribution is -0.122. The summed E-state index contributed by atoms with van der Waals surface area (Å²) in [5.74, 6) is 0.483.